The number of ether oxygens (including phenoxy) is 1. The summed E-state index contributed by atoms with van der Waals surface area (Å²) in [4.78, 5) is 30.2. The summed E-state index contributed by atoms with van der Waals surface area (Å²) in [5.41, 5.74) is 3.25. The van der Waals surface area contributed by atoms with Crippen LogP contribution in [0.4, 0.5) is 0 Å². The van der Waals surface area contributed by atoms with E-state index in [1.807, 2.05) is 41.6 Å². The normalized spacial score (nSPS) is 20.1. The topological polar surface area (TPSA) is 67.7 Å². The van der Waals surface area contributed by atoms with Crippen molar-refractivity contribution in [3.63, 3.8) is 0 Å². The van der Waals surface area contributed by atoms with Gasteiger partial charge in [-0.2, -0.15) is 5.10 Å². The zero-order valence-electron chi connectivity index (χ0n) is 20.0. The van der Waals surface area contributed by atoms with Crippen molar-refractivity contribution >= 4 is 11.8 Å². The number of hydrogen-bond acceptors (Lipinski definition) is 4. The Bertz CT molecular complexity index is 970. The van der Waals surface area contributed by atoms with Gasteiger partial charge in [-0.3, -0.25) is 14.3 Å². The minimum Gasteiger partial charge on any atom is -0.494 e. The van der Waals surface area contributed by atoms with Gasteiger partial charge in [-0.15, -0.1) is 0 Å². The first kappa shape index (κ1) is 23.3. The van der Waals surface area contributed by atoms with Gasteiger partial charge in [0.25, 0.3) is 0 Å². The smallest absolute Gasteiger partial charge is 0.242 e. The lowest BCUT2D eigenvalue weighted by atomic mass is 9.95. The summed E-state index contributed by atoms with van der Waals surface area (Å²) in [6.07, 6.45) is 6.13. The van der Waals surface area contributed by atoms with Crippen LogP contribution in [0.3, 0.4) is 0 Å². The van der Waals surface area contributed by atoms with E-state index in [1.165, 1.54) is 5.56 Å². The van der Waals surface area contributed by atoms with Crippen LogP contribution >= 0.6 is 0 Å². The van der Waals surface area contributed by atoms with Crippen molar-refractivity contribution in [3.8, 4) is 5.75 Å². The van der Waals surface area contributed by atoms with Crippen molar-refractivity contribution in [2.24, 2.45) is 0 Å². The predicted octanol–water partition coefficient (Wildman–Crippen LogP) is 3.52. The number of carbonyl (C=O) groups excluding carboxylic acids is 2. The molecule has 0 radical (unpaired) electrons. The average Bonchev–Trinajstić information content (AvgIpc) is 3.14. The van der Waals surface area contributed by atoms with E-state index in [2.05, 4.69) is 17.2 Å². The molecule has 33 heavy (non-hydrogen) atoms. The Morgan fingerprint density at radius 1 is 1.12 bits per heavy atom. The number of amides is 2. The third-order valence-electron chi connectivity index (χ3n) is 6.77. The molecule has 1 saturated heterocycles. The van der Waals surface area contributed by atoms with E-state index in [4.69, 9.17) is 4.74 Å². The number of benzene rings is 1. The largest absolute Gasteiger partial charge is 0.494 e. The second kappa shape index (κ2) is 10.9. The lowest BCUT2D eigenvalue weighted by Gasteiger charge is -2.37. The lowest BCUT2D eigenvalue weighted by molar-refractivity contribution is -0.143. The molecule has 7 heteroatoms. The molecule has 0 spiro atoms. The maximum Gasteiger partial charge on any atom is 0.242 e. The SMILES string of the molecule is Cc1cc(C)n(CCC(=O)N2CCCOc3cccc(c3)CCC3CCCCN3C(=O)C2)n1. The van der Waals surface area contributed by atoms with Crippen molar-refractivity contribution in [1.82, 2.24) is 19.6 Å². The predicted molar refractivity (Wildman–Crippen MR) is 127 cm³/mol. The summed E-state index contributed by atoms with van der Waals surface area (Å²) in [6.45, 7) is 6.45. The molecule has 1 atom stereocenters. The highest BCUT2D eigenvalue weighted by atomic mass is 16.5. The van der Waals surface area contributed by atoms with Gasteiger partial charge in [0.15, 0.2) is 0 Å². The van der Waals surface area contributed by atoms with Crippen molar-refractivity contribution < 1.29 is 14.3 Å². The van der Waals surface area contributed by atoms with Gasteiger partial charge in [-0.25, -0.2) is 0 Å². The van der Waals surface area contributed by atoms with Gasteiger partial charge < -0.3 is 14.5 Å². The highest BCUT2D eigenvalue weighted by molar-refractivity contribution is 5.85. The van der Waals surface area contributed by atoms with E-state index in [0.717, 1.165) is 55.8 Å². The Morgan fingerprint density at radius 3 is 2.82 bits per heavy atom. The van der Waals surface area contributed by atoms with Gasteiger partial charge in [-0.05, 0) is 76.1 Å². The third kappa shape index (κ3) is 6.15. The van der Waals surface area contributed by atoms with Crippen LogP contribution in [0, 0.1) is 13.8 Å². The summed E-state index contributed by atoms with van der Waals surface area (Å²) in [5.74, 6) is 0.952. The maximum absolute atomic E-state index is 13.3. The molecule has 0 saturated carbocycles. The number of aryl methyl sites for hydroxylation is 4. The molecule has 1 aromatic heterocycles. The Hall–Kier alpha value is -2.83. The molecule has 2 bridgehead atoms. The molecule has 7 nitrogen and oxygen atoms in total. The van der Waals surface area contributed by atoms with Crippen LogP contribution in [-0.2, 0) is 22.6 Å². The molecular formula is C26H36N4O3. The highest BCUT2D eigenvalue weighted by Crippen LogP contribution is 2.23. The maximum atomic E-state index is 13.3. The molecule has 2 aliphatic heterocycles. The third-order valence-corrected chi connectivity index (χ3v) is 6.77. The van der Waals surface area contributed by atoms with Crippen LogP contribution < -0.4 is 4.74 Å². The number of rotatable bonds is 3. The fraction of sp³-hybridized carbons (Fsp3) is 0.577. The number of carbonyl (C=O) groups is 2. The van der Waals surface area contributed by atoms with Gasteiger partial charge in [-0.1, -0.05) is 12.1 Å². The summed E-state index contributed by atoms with van der Waals surface area (Å²) >= 11 is 0. The quantitative estimate of drug-likeness (QED) is 0.715. The summed E-state index contributed by atoms with van der Waals surface area (Å²) < 4.78 is 7.82. The number of aromatic nitrogens is 2. The zero-order valence-corrected chi connectivity index (χ0v) is 20.0. The first-order chi connectivity index (χ1) is 16.0. The van der Waals surface area contributed by atoms with E-state index in [0.29, 0.717) is 32.5 Å². The number of hydrogen-bond donors (Lipinski definition) is 0. The highest BCUT2D eigenvalue weighted by Gasteiger charge is 2.29. The van der Waals surface area contributed by atoms with Gasteiger partial charge in [0.1, 0.15) is 5.75 Å². The Balaban J connectivity index is 1.47. The van der Waals surface area contributed by atoms with Crippen LogP contribution in [0.2, 0.25) is 0 Å². The van der Waals surface area contributed by atoms with E-state index in [1.54, 1.807) is 4.90 Å². The van der Waals surface area contributed by atoms with Gasteiger partial charge in [0.2, 0.25) is 11.8 Å². The second-order valence-electron chi connectivity index (χ2n) is 9.34. The van der Waals surface area contributed by atoms with Crippen LogP contribution in [0.25, 0.3) is 0 Å². The summed E-state index contributed by atoms with van der Waals surface area (Å²) in [7, 11) is 0. The molecule has 3 heterocycles. The summed E-state index contributed by atoms with van der Waals surface area (Å²) in [6, 6.07) is 10.5. The number of nitrogens with zero attached hydrogens (tertiary/aromatic N) is 4. The van der Waals surface area contributed by atoms with Crippen LogP contribution in [0.1, 0.15) is 55.5 Å². The lowest BCUT2D eigenvalue weighted by Crippen LogP contribution is -2.49. The molecule has 178 valence electrons. The Labute approximate surface area is 196 Å². The van der Waals surface area contributed by atoms with Gasteiger partial charge >= 0.3 is 0 Å². The Kier molecular flexibility index (Phi) is 7.68. The molecule has 2 aliphatic rings. The zero-order chi connectivity index (χ0) is 23.2. The standard InChI is InChI=1S/C26H36N4O3/c1-20-17-21(2)30(27-20)15-12-25(31)28-13-6-16-33-24-9-5-7-22(18-24)10-11-23-8-3-4-14-29(23)26(32)19-28/h5,7,9,17-18,23H,3-4,6,8,10-16,19H2,1-2H3. The minimum atomic E-state index is -0.00134. The molecule has 1 unspecified atom stereocenters. The van der Waals surface area contributed by atoms with Gasteiger partial charge in [0, 0.05) is 37.8 Å². The summed E-state index contributed by atoms with van der Waals surface area (Å²) in [5, 5.41) is 4.46. The molecule has 2 amide bonds. The van der Waals surface area contributed by atoms with E-state index < -0.39 is 0 Å². The van der Waals surface area contributed by atoms with E-state index in [9.17, 15) is 9.59 Å². The first-order valence-corrected chi connectivity index (χ1v) is 12.3. The molecule has 1 aromatic carbocycles. The number of fused-ring (bicyclic) bond motifs is 3. The molecule has 1 fully saturated rings. The van der Waals surface area contributed by atoms with Crippen molar-refractivity contribution in [3.05, 3.63) is 47.3 Å². The van der Waals surface area contributed by atoms with E-state index >= 15 is 0 Å². The van der Waals surface area contributed by atoms with Crippen LogP contribution in [0.5, 0.6) is 5.75 Å². The van der Waals surface area contributed by atoms with Crippen molar-refractivity contribution in [2.45, 2.75) is 71.4 Å². The monoisotopic (exact) mass is 452 g/mol. The van der Waals surface area contributed by atoms with Crippen LogP contribution in [0.15, 0.2) is 30.3 Å². The Morgan fingerprint density at radius 2 is 2.00 bits per heavy atom. The fourth-order valence-electron chi connectivity index (χ4n) is 5.01. The van der Waals surface area contributed by atoms with Crippen molar-refractivity contribution in [1.29, 1.82) is 0 Å². The minimum absolute atomic E-state index is 0.00134. The molecule has 0 aliphatic carbocycles. The molecular weight excluding hydrogens is 416 g/mol. The van der Waals surface area contributed by atoms with E-state index in [-0.39, 0.29) is 24.4 Å². The first-order valence-electron chi connectivity index (χ1n) is 12.3. The fourth-order valence-corrected chi connectivity index (χ4v) is 5.01. The van der Waals surface area contributed by atoms with Crippen LogP contribution in [-0.4, -0.2) is 63.7 Å². The van der Waals surface area contributed by atoms with Crippen molar-refractivity contribution in [2.75, 3.05) is 26.2 Å². The molecule has 0 N–H and O–H groups in total. The van der Waals surface area contributed by atoms with Gasteiger partial charge in [0.05, 0.1) is 18.8 Å². The molecule has 2 aromatic rings. The number of piperidine rings is 1. The average molecular weight is 453 g/mol. The molecule has 4 rings (SSSR count). The second-order valence-corrected chi connectivity index (χ2v) is 9.34.